The summed E-state index contributed by atoms with van der Waals surface area (Å²) in [4.78, 5) is 12.4. The molecule has 3 rings (SSSR count). The van der Waals surface area contributed by atoms with Crippen LogP contribution in [0.15, 0.2) is 78.9 Å². The Bertz CT molecular complexity index is 897. The minimum atomic E-state index is -0.363. The highest BCUT2D eigenvalue weighted by Crippen LogP contribution is 2.21. The fourth-order valence-corrected chi connectivity index (χ4v) is 2.92. The van der Waals surface area contributed by atoms with Crippen LogP contribution in [-0.4, -0.2) is 22.7 Å². The first-order valence-electron chi connectivity index (χ1n) is 9.10. The summed E-state index contributed by atoms with van der Waals surface area (Å²) in [5, 5.41) is 11.6. The Morgan fingerprint density at radius 1 is 0.893 bits per heavy atom. The number of carbonyl (C=O) groups is 1. The van der Waals surface area contributed by atoms with Gasteiger partial charge in [-0.1, -0.05) is 72.3 Å². The molecule has 0 bridgehead atoms. The predicted octanol–water partition coefficient (Wildman–Crippen LogP) is 4.92. The third-order valence-electron chi connectivity index (χ3n) is 4.36. The zero-order valence-electron chi connectivity index (χ0n) is 15.4. The van der Waals surface area contributed by atoms with Crippen LogP contribution in [0, 0.1) is 0 Å². The lowest BCUT2D eigenvalue weighted by molar-refractivity contribution is -0.164. The number of hydroxylamine groups is 2. The number of rotatable bonds is 8. The number of nitrogens with zero attached hydrogens (tertiary/aromatic N) is 1. The fraction of sp³-hybridized carbons (Fsp3) is 0.174. The molecule has 0 unspecified atom stereocenters. The Labute approximate surface area is 169 Å². The van der Waals surface area contributed by atoms with Crippen LogP contribution in [0.2, 0.25) is 5.02 Å². The summed E-state index contributed by atoms with van der Waals surface area (Å²) >= 11 is 5.90. The lowest BCUT2D eigenvalue weighted by Gasteiger charge is -2.16. The monoisotopic (exact) mass is 395 g/mol. The fourth-order valence-electron chi connectivity index (χ4n) is 2.79. The second-order valence-corrected chi connectivity index (χ2v) is 6.89. The highest BCUT2D eigenvalue weighted by atomic mass is 35.5. The second kappa shape index (κ2) is 9.93. The van der Waals surface area contributed by atoms with Crippen molar-refractivity contribution in [1.29, 1.82) is 0 Å². The van der Waals surface area contributed by atoms with E-state index in [-0.39, 0.29) is 18.9 Å². The maximum absolute atomic E-state index is 12.4. The summed E-state index contributed by atoms with van der Waals surface area (Å²) in [6, 6.07) is 24.5. The van der Waals surface area contributed by atoms with Crippen molar-refractivity contribution < 1.29 is 14.7 Å². The third kappa shape index (κ3) is 5.84. The highest BCUT2D eigenvalue weighted by Gasteiger charge is 2.14. The van der Waals surface area contributed by atoms with Crippen molar-refractivity contribution >= 4 is 17.5 Å². The zero-order valence-corrected chi connectivity index (χ0v) is 16.2. The molecule has 144 valence electrons. The summed E-state index contributed by atoms with van der Waals surface area (Å²) < 4.78 is 5.88. The van der Waals surface area contributed by atoms with Crippen LogP contribution in [0.4, 0.5) is 0 Å². The normalized spacial score (nSPS) is 10.5. The van der Waals surface area contributed by atoms with Gasteiger partial charge in [-0.3, -0.25) is 10.0 Å². The summed E-state index contributed by atoms with van der Waals surface area (Å²) in [5.74, 6) is 0.265. The van der Waals surface area contributed by atoms with Crippen LogP contribution in [0.1, 0.15) is 16.7 Å². The smallest absolute Gasteiger partial charge is 0.250 e. The van der Waals surface area contributed by atoms with E-state index in [9.17, 15) is 10.0 Å². The Balaban J connectivity index is 1.57. The summed E-state index contributed by atoms with van der Waals surface area (Å²) in [6.45, 7) is 0.621. The lowest BCUT2D eigenvalue weighted by Crippen LogP contribution is -2.31. The zero-order chi connectivity index (χ0) is 19.8. The quantitative estimate of drug-likeness (QED) is 0.435. The van der Waals surface area contributed by atoms with Crippen molar-refractivity contribution in [3.63, 3.8) is 0 Å². The van der Waals surface area contributed by atoms with Gasteiger partial charge in [0, 0.05) is 10.6 Å². The van der Waals surface area contributed by atoms with E-state index in [0.29, 0.717) is 23.8 Å². The van der Waals surface area contributed by atoms with Gasteiger partial charge in [0.25, 0.3) is 0 Å². The molecule has 0 spiro atoms. The van der Waals surface area contributed by atoms with Gasteiger partial charge in [0.1, 0.15) is 12.4 Å². The number of para-hydroxylation sites is 1. The maximum atomic E-state index is 12.4. The second-order valence-electron chi connectivity index (χ2n) is 6.45. The Hall–Kier alpha value is -2.82. The molecule has 3 aromatic rings. The Morgan fingerprint density at radius 3 is 2.32 bits per heavy atom. The van der Waals surface area contributed by atoms with E-state index in [2.05, 4.69) is 0 Å². The standard InChI is InChI=1S/C23H22ClNO3/c24-21-12-10-19(11-13-21)17-28-22-9-5-4-8-20(22)16-23(26)25(27)15-14-18-6-2-1-3-7-18/h1-13,27H,14-17H2. The van der Waals surface area contributed by atoms with Crippen molar-refractivity contribution in [3.05, 3.63) is 101 Å². The lowest BCUT2D eigenvalue weighted by atomic mass is 10.1. The van der Waals surface area contributed by atoms with E-state index in [1.807, 2.05) is 78.9 Å². The van der Waals surface area contributed by atoms with Gasteiger partial charge in [0.05, 0.1) is 13.0 Å². The van der Waals surface area contributed by atoms with Crippen molar-refractivity contribution in [3.8, 4) is 5.75 Å². The van der Waals surface area contributed by atoms with Crippen LogP contribution in [0.3, 0.4) is 0 Å². The first-order valence-corrected chi connectivity index (χ1v) is 9.48. The van der Waals surface area contributed by atoms with E-state index in [0.717, 1.165) is 21.8 Å². The average molecular weight is 396 g/mol. The van der Waals surface area contributed by atoms with Crippen molar-refractivity contribution in [2.75, 3.05) is 6.54 Å². The van der Waals surface area contributed by atoms with Crippen LogP contribution in [0.25, 0.3) is 0 Å². The molecule has 0 aliphatic heterocycles. The van der Waals surface area contributed by atoms with Gasteiger partial charge in [0.15, 0.2) is 0 Å². The van der Waals surface area contributed by atoms with Gasteiger partial charge in [-0.15, -0.1) is 0 Å². The Morgan fingerprint density at radius 2 is 1.57 bits per heavy atom. The Kier molecular flexibility index (Phi) is 7.06. The van der Waals surface area contributed by atoms with Gasteiger partial charge in [-0.2, -0.15) is 0 Å². The number of hydrogen-bond donors (Lipinski definition) is 1. The molecular weight excluding hydrogens is 374 g/mol. The van der Waals surface area contributed by atoms with Crippen LogP contribution in [-0.2, 0) is 24.2 Å². The summed E-state index contributed by atoms with van der Waals surface area (Å²) in [6.07, 6.45) is 0.667. The van der Waals surface area contributed by atoms with Gasteiger partial charge < -0.3 is 4.74 Å². The topological polar surface area (TPSA) is 49.8 Å². The molecule has 0 aromatic heterocycles. The predicted molar refractivity (Wildman–Crippen MR) is 110 cm³/mol. The molecule has 0 atom stereocenters. The number of ether oxygens (including phenoxy) is 1. The molecule has 0 aliphatic carbocycles. The molecule has 0 saturated heterocycles. The number of carbonyl (C=O) groups excluding carboxylic acids is 1. The van der Waals surface area contributed by atoms with Crippen molar-refractivity contribution in [2.24, 2.45) is 0 Å². The molecule has 0 radical (unpaired) electrons. The van der Waals surface area contributed by atoms with Gasteiger partial charge in [-0.25, -0.2) is 5.06 Å². The average Bonchev–Trinajstić information content (AvgIpc) is 2.73. The molecule has 4 nitrogen and oxygen atoms in total. The molecule has 0 aliphatic rings. The number of hydrogen-bond acceptors (Lipinski definition) is 3. The first kappa shape index (κ1) is 19.9. The molecule has 0 heterocycles. The van der Waals surface area contributed by atoms with E-state index >= 15 is 0 Å². The maximum Gasteiger partial charge on any atom is 0.250 e. The van der Waals surface area contributed by atoms with Crippen molar-refractivity contribution in [2.45, 2.75) is 19.4 Å². The molecular formula is C23H22ClNO3. The van der Waals surface area contributed by atoms with Gasteiger partial charge in [0.2, 0.25) is 5.91 Å². The van der Waals surface area contributed by atoms with E-state index in [1.54, 1.807) is 0 Å². The number of benzene rings is 3. The van der Waals surface area contributed by atoms with Gasteiger partial charge >= 0.3 is 0 Å². The number of halogens is 1. The van der Waals surface area contributed by atoms with E-state index < -0.39 is 0 Å². The molecule has 0 fully saturated rings. The summed E-state index contributed by atoms with van der Waals surface area (Å²) in [5.41, 5.74) is 2.79. The SMILES string of the molecule is O=C(Cc1ccccc1OCc1ccc(Cl)cc1)N(O)CCc1ccccc1. The van der Waals surface area contributed by atoms with Gasteiger partial charge in [-0.05, 0) is 35.7 Å². The molecule has 5 heteroatoms. The van der Waals surface area contributed by atoms with Crippen LogP contribution >= 0.6 is 11.6 Å². The third-order valence-corrected chi connectivity index (χ3v) is 4.62. The molecule has 1 N–H and O–H groups in total. The largest absolute Gasteiger partial charge is 0.489 e. The van der Waals surface area contributed by atoms with Crippen LogP contribution in [0.5, 0.6) is 5.75 Å². The molecule has 28 heavy (non-hydrogen) atoms. The molecule has 0 saturated carbocycles. The molecule has 1 amide bonds. The van der Waals surface area contributed by atoms with E-state index in [4.69, 9.17) is 16.3 Å². The minimum Gasteiger partial charge on any atom is -0.489 e. The van der Waals surface area contributed by atoms with E-state index in [1.165, 1.54) is 0 Å². The minimum absolute atomic E-state index is 0.0715. The highest BCUT2D eigenvalue weighted by molar-refractivity contribution is 6.30. The van der Waals surface area contributed by atoms with Crippen molar-refractivity contribution in [1.82, 2.24) is 5.06 Å². The molecule has 3 aromatic carbocycles. The van der Waals surface area contributed by atoms with Crippen LogP contribution < -0.4 is 4.74 Å². The number of amides is 1. The summed E-state index contributed by atoms with van der Waals surface area (Å²) in [7, 11) is 0. The first-order chi connectivity index (χ1) is 13.6.